The van der Waals surface area contributed by atoms with E-state index in [1.54, 1.807) is 0 Å². The molecule has 0 aliphatic carbocycles. The second kappa shape index (κ2) is 3.10. The minimum Gasteiger partial charge on any atom is -0.246 e. The van der Waals surface area contributed by atoms with E-state index in [2.05, 4.69) is 15.2 Å². The molecule has 0 saturated carbocycles. The highest BCUT2D eigenvalue weighted by Crippen LogP contribution is 2.06. The first-order valence-electron chi connectivity index (χ1n) is 4.24. The molecule has 0 saturated heterocycles. The number of aryl methyl sites for hydroxylation is 2. The zero-order chi connectivity index (χ0) is 10.1. The summed E-state index contributed by atoms with van der Waals surface area (Å²) < 4.78 is 1.38. The van der Waals surface area contributed by atoms with Crippen LogP contribution in [0.4, 0.5) is 0 Å². The van der Waals surface area contributed by atoms with Crippen molar-refractivity contribution in [3.63, 3.8) is 0 Å². The van der Waals surface area contributed by atoms with Gasteiger partial charge in [0.2, 0.25) is 0 Å². The van der Waals surface area contributed by atoms with Gasteiger partial charge in [-0.25, -0.2) is 19.4 Å². The number of hydrogen-bond donors (Lipinski definition) is 1. The lowest BCUT2D eigenvalue weighted by atomic mass is 10.2. The van der Waals surface area contributed by atoms with Crippen LogP contribution in [-0.2, 0) is 0 Å². The molecular weight excluding hydrogens is 180 g/mol. The summed E-state index contributed by atoms with van der Waals surface area (Å²) in [6.07, 6.45) is 1.42. The van der Waals surface area contributed by atoms with Gasteiger partial charge < -0.3 is 0 Å². The lowest BCUT2D eigenvalue weighted by Gasteiger charge is -2.02. The summed E-state index contributed by atoms with van der Waals surface area (Å²) in [4.78, 5) is 15.5. The number of pyridine rings is 1. The summed E-state index contributed by atoms with van der Waals surface area (Å²) in [5.41, 5.74) is 1.68. The highest BCUT2D eigenvalue weighted by atomic mass is 16.1. The quantitative estimate of drug-likeness (QED) is 0.715. The fraction of sp³-hybridized carbons (Fsp3) is 0.222. The maximum Gasteiger partial charge on any atom is 0.348 e. The molecule has 2 aromatic heterocycles. The van der Waals surface area contributed by atoms with Gasteiger partial charge in [-0.1, -0.05) is 0 Å². The molecule has 5 heteroatoms. The Kier molecular flexibility index (Phi) is 1.92. The van der Waals surface area contributed by atoms with Crippen LogP contribution in [0.15, 0.2) is 23.3 Å². The third-order valence-corrected chi connectivity index (χ3v) is 1.88. The van der Waals surface area contributed by atoms with E-state index in [4.69, 9.17) is 0 Å². The molecule has 0 fully saturated rings. The van der Waals surface area contributed by atoms with E-state index >= 15 is 0 Å². The number of aromatic amines is 1. The average molecular weight is 190 g/mol. The van der Waals surface area contributed by atoms with Crippen LogP contribution in [-0.4, -0.2) is 19.7 Å². The van der Waals surface area contributed by atoms with Crippen molar-refractivity contribution in [1.82, 2.24) is 19.7 Å². The van der Waals surface area contributed by atoms with Gasteiger partial charge in [0.25, 0.3) is 0 Å². The van der Waals surface area contributed by atoms with Crippen molar-refractivity contribution >= 4 is 0 Å². The Hall–Kier alpha value is -1.91. The summed E-state index contributed by atoms with van der Waals surface area (Å²) in [5, 5.41) is 5.97. The molecule has 2 aromatic rings. The summed E-state index contributed by atoms with van der Waals surface area (Å²) in [6, 6.07) is 3.79. The van der Waals surface area contributed by atoms with Gasteiger partial charge in [-0.2, -0.15) is 5.10 Å². The van der Waals surface area contributed by atoms with E-state index < -0.39 is 0 Å². The van der Waals surface area contributed by atoms with E-state index in [-0.39, 0.29) is 5.69 Å². The zero-order valence-corrected chi connectivity index (χ0v) is 7.98. The van der Waals surface area contributed by atoms with Crippen LogP contribution in [0.5, 0.6) is 0 Å². The van der Waals surface area contributed by atoms with E-state index in [1.165, 1.54) is 10.9 Å². The molecule has 1 N–H and O–H groups in total. The largest absolute Gasteiger partial charge is 0.348 e. The fourth-order valence-corrected chi connectivity index (χ4v) is 1.35. The van der Waals surface area contributed by atoms with E-state index in [9.17, 15) is 4.79 Å². The Morgan fingerprint density at radius 3 is 2.71 bits per heavy atom. The molecule has 0 aromatic carbocycles. The number of hydrogen-bond acceptors (Lipinski definition) is 3. The molecule has 0 amide bonds. The first-order chi connectivity index (χ1) is 6.66. The highest BCUT2D eigenvalue weighted by Gasteiger charge is 2.03. The van der Waals surface area contributed by atoms with Gasteiger partial charge in [0.15, 0.2) is 0 Å². The number of aromatic nitrogens is 4. The minimum absolute atomic E-state index is 0.275. The second-order valence-corrected chi connectivity index (χ2v) is 3.18. The van der Waals surface area contributed by atoms with Crippen molar-refractivity contribution in [2.24, 2.45) is 0 Å². The zero-order valence-electron chi connectivity index (χ0n) is 7.98. The standard InChI is InChI=1S/C9H10N4O/c1-6-3-7(2)11-8(4-6)13-5-10-12-9(13)14/h3-5H,1-2H3,(H,12,14). The van der Waals surface area contributed by atoms with E-state index in [1.807, 2.05) is 26.0 Å². The molecule has 5 nitrogen and oxygen atoms in total. The Morgan fingerprint density at radius 2 is 2.14 bits per heavy atom. The molecule has 2 rings (SSSR count). The normalized spacial score (nSPS) is 10.4. The summed E-state index contributed by atoms with van der Waals surface area (Å²) in [5.74, 6) is 0.598. The van der Waals surface area contributed by atoms with Crippen molar-refractivity contribution < 1.29 is 0 Å². The molecule has 0 spiro atoms. The molecule has 72 valence electrons. The summed E-state index contributed by atoms with van der Waals surface area (Å²) in [6.45, 7) is 3.85. The summed E-state index contributed by atoms with van der Waals surface area (Å²) in [7, 11) is 0. The number of H-pyrrole nitrogens is 1. The third-order valence-electron chi connectivity index (χ3n) is 1.88. The predicted molar refractivity (Wildman–Crippen MR) is 51.5 cm³/mol. The van der Waals surface area contributed by atoms with E-state index in [0.717, 1.165) is 11.3 Å². The Balaban J connectivity index is 2.63. The molecule has 2 heterocycles. The first kappa shape index (κ1) is 8.68. The Morgan fingerprint density at radius 1 is 1.36 bits per heavy atom. The van der Waals surface area contributed by atoms with Gasteiger partial charge in [-0.15, -0.1) is 0 Å². The number of nitrogens with one attached hydrogen (secondary N) is 1. The predicted octanol–water partition coefficient (Wildman–Crippen LogP) is 0.572. The number of nitrogens with zero attached hydrogens (tertiary/aromatic N) is 3. The maximum absolute atomic E-state index is 11.2. The lowest BCUT2D eigenvalue weighted by molar-refractivity contribution is 0.925. The molecule has 0 bridgehead atoms. The molecule has 0 aliphatic rings. The van der Waals surface area contributed by atoms with Crippen molar-refractivity contribution in [2.75, 3.05) is 0 Å². The topological polar surface area (TPSA) is 63.6 Å². The van der Waals surface area contributed by atoms with Crippen molar-refractivity contribution in [2.45, 2.75) is 13.8 Å². The fourth-order valence-electron chi connectivity index (χ4n) is 1.35. The highest BCUT2D eigenvalue weighted by molar-refractivity contribution is 5.29. The van der Waals surface area contributed by atoms with Crippen LogP contribution in [0.1, 0.15) is 11.3 Å². The average Bonchev–Trinajstić information content (AvgIpc) is 2.49. The first-order valence-corrected chi connectivity index (χ1v) is 4.24. The maximum atomic E-state index is 11.2. The van der Waals surface area contributed by atoms with Crippen molar-refractivity contribution in [1.29, 1.82) is 0 Å². The van der Waals surface area contributed by atoms with Crippen molar-refractivity contribution in [3.8, 4) is 5.82 Å². The molecular formula is C9H10N4O. The molecule has 0 aliphatic heterocycles. The van der Waals surface area contributed by atoms with E-state index in [0.29, 0.717) is 5.82 Å². The molecule has 14 heavy (non-hydrogen) atoms. The van der Waals surface area contributed by atoms with Crippen LogP contribution >= 0.6 is 0 Å². The van der Waals surface area contributed by atoms with Gasteiger partial charge in [0.1, 0.15) is 12.1 Å². The number of rotatable bonds is 1. The van der Waals surface area contributed by atoms with Crippen LogP contribution in [0.2, 0.25) is 0 Å². The van der Waals surface area contributed by atoms with Crippen LogP contribution in [0, 0.1) is 13.8 Å². The molecule has 0 unspecified atom stereocenters. The molecule has 0 atom stereocenters. The summed E-state index contributed by atoms with van der Waals surface area (Å²) >= 11 is 0. The van der Waals surface area contributed by atoms with Gasteiger partial charge in [0, 0.05) is 5.69 Å². The SMILES string of the molecule is Cc1cc(C)nc(-n2cn[nH]c2=O)c1. The van der Waals surface area contributed by atoms with Crippen LogP contribution in [0.25, 0.3) is 5.82 Å². The lowest BCUT2D eigenvalue weighted by Crippen LogP contribution is -2.15. The Labute approximate surface area is 80.4 Å². The van der Waals surface area contributed by atoms with Gasteiger partial charge >= 0.3 is 5.69 Å². The van der Waals surface area contributed by atoms with Crippen molar-refractivity contribution in [3.05, 3.63) is 40.2 Å². The second-order valence-electron chi connectivity index (χ2n) is 3.18. The van der Waals surface area contributed by atoms with Crippen LogP contribution in [0.3, 0.4) is 0 Å². The smallest absolute Gasteiger partial charge is 0.246 e. The van der Waals surface area contributed by atoms with Gasteiger partial charge in [-0.3, -0.25) is 0 Å². The van der Waals surface area contributed by atoms with Gasteiger partial charge in [0.05, 0.1) is 0 Å². The minimum atomic E-state index is -0.275. The Bertz CT molecular complexity index is 491. The van der Waals surface area contributed by atoms with Gasteiger partial charge in [-0.05, 0) is 31.5 Å². The third kappa shape index (κ3) is 1.44. The van der Waals surface area contributed by atoms with Crippen LogP contribution < -0.4 is 5.69 Å². The monoisotopic (exact) mass is 190 g/mol. The molecule has 0 radical (unpaired) electrons.